The van der Waals surface area contributed by atoms with Gasteiger partial charge in [-0.15, -0.1) is 0 Å². The van der Waals surface area contributed by atoms with Gasteiger partial charge in [0.05, 0.1) is 17.2 Å². The quantitative estimate of drug-likeness (QED) is 0.333. The van der Waals surface area contributed by atoms with Gasteiger partial charge in [-0.3, -0.25) is 0 Å². The van der Waals surface area contributed by atoms with E-state index < -0.39 is 23.4 Å². The van der Waals surface area contributed by atoms with E-state index in [1.54, 1.807) is 39.0 Å². The lowest BCUT2D eigenvalue weighted by molar-refractivity contribution is -0.137. The van der Waals surface area contributed by atoms with Gasteiger partial charge in [-0.1, -0.05) is 42.0 Å². The lowest BCUT2D eigenvalue weighted by Crippen LogP contribution is -2.38. The minimum atomic E-state index is -4.54. The first-order valence-corrected chi connectivity index (χ1v) is 11.3. The molecule has 1 amide bonds. The zero-order valence-corrected chi connectivity index (χ0v) is 21.1. The van der Waals surface area contributed by atoms with Crippen LogP contribution in [0.2, 0.25) is 5.02 Å². The summed E-state index contributed by atoms with van der Waals surface area (Å²) >= 11 is 9.54. The molecule has 9 heteroatoms. The third-order valence-electron chi connectivity index (χ3n) is 4.44. The minimum Gasteiger partial charge on any atom is -0.444 e. The van der Waals surface area contributed by atoms with Crippen LogP contribution in [0.1, 0.15) is 43.0 Å². The summed E-state index contributed by atoms with van der Waals surface area (Å²) in [4.78, 5) is 14.0. The molecule has 4 nitrogen and oxygen atoms in total. The molecule has 33 heavy (non-hydrogen) atoms. The van der Waals surface area contributed by atoms with Gasteiger partial charge < -0.3 is 14.4 Å². The Hall–Kier alpha value is -2.03. The van der Waals surface area contributed by atoms with Gasteiger partial charge in [-0.05, 0) is 71.6 Å². The predicted octanol–water partition coefficient (Wildman–Crippen LogP) is 7.68. The molecule has 0 heterocycles. The Balaban J connectivity index is 2.40. The van der Waals surface area contributed by atoms with Crippen molar-refractivity contribution < 1.29 is 27.4 Å². The van der Waals surface area contributed by atoms with Crippen LogP contribution in [0.15, 0.2) is 40.9 Å². The largest absolute Gasteiger partial charge is 0.444 e. The molecule has 0 atom stereocenters. The Morgan fingerprint density at radius 1 is 1.12 bits per heavy atom. The number of amides is 1. The first-order chi connectivity index (χ1) is 15.3. The molecule has 0 fully saturated rings. The molecule has 0 N–H and O–H groups in total. The third kappa shape index (κ3) is 8.36. The topological polar surface area (TPSA) is 38.8 Å². The Kier molecular flexibility index (Phi) is 9.40. The third-order valence-corrected chi connectivity index (χ3v) is 5.75. The van der Waals surface area contributed by atoms with Crippen LogP contribution in [0.25, 0.3) is 12.2 Å². The summed E-state index contributed by atoms with van der Waals surface area (Å²) in [6.07, 6.45) is -2.22. The number of hydrogen-bond acceptors (Lipinski definition) is 3. The van der Waals surface area contributed by atoms with Gasteiger partial charge >= 0.3 is 12.3 Å². The van der Waals surface area contributed by atoms with Crippen molar-refractivity contribution in [1.82, 2.24) is 4.90 Å². The maximum atomic E-state index is 13.6. The molecule has 0 radical (unpaired) electrons. The van der Waals surface area contributed by atoms with E-state index in [-0.39, 0.29) is 25.3 Å². The monoisotopic (exact) mass is 547 g/mol. The van der Waals surface area contributed by atoms with E-state index in [0.717, 1.165) is 6.07 Å². The van der Waals surface area contributed by atoms with Crippen LogP contribution in [0.4, 0.5) is 18.0 Å². The first-order valence-electron chi connectivity index (χ1n) is 10.1. The van der Waals surface area contributed by atoms with Gasteiger partial charge in [0.1, 0.15) is 5.60 Å². The summed E-state index contributed by atoms with van der Waals surface area (Å²) in [7, 11) is 1.50. The lowest BCUT2D eigenvalue weighted by Gasteiger charge is -2.27. The van der Waals surface area contributed by atoms with E-state index in [1.807, 2.05) is 0 Å². The summed E-state index contributed by atoms with van der Waals surface area (Å²) < 4.78 is 52.0. The minimum absolute atomic E-state index is 0.0353. The van der Waals surface area contributed by atoms with Crippen LogP contribution in [0, 0.1) is 0 Å². The Bertz CT molecular complexity index is 1000. The molecule has 2 aromatic rings. The van der Waals surface area contributed by atoms with Gasteiger partial charge in [-0.25, -0.2) is 4.79 Å². The number of halogens is 5. The van der Waals surface area contributed by atoms with Crippen LogP contribution in [-0.2, 0) is 22.2 Å². The highest BCUT2D eigenvalue weighted by atomic mass is 79.9. The summed E-state index contributed by atoms with van der Waals surface area (Å²) in [6.45, 7) is 5.78. The van der Waals surface area contributed by atoms with E-state index in [9.17, 15) is 18.0 Å². The molecule has 0 aromatic heterocycles. The average Bonchev–Trinajstić information content (AvgIpc) is 2.70. The zero-order valence-electron chi connectivity index (χ0n) is 18.8. The average molecular weight is 549 g/mol. The highest BCUT2D eigenvalue weighted by Crippen LogP contribution is 2.34. The molecule has 0 saturated carbocycles. The highest BCUT2D eigenvalue weighted by Gasteiger charge is 2.33. The van der Waals surface area contributed by atoms with Crippen molar-refractivity contribution in [3.05, 3.63) is 68.1 Å². The standard InChI is InChI=1S/C24H26BrClF3NO3/c1-23(2,3)33-22(31)30(12-13-32-4)15-16-8-11-19(24(27,28)29)18(14-16)10-9-17-6-5-7-20(25)21(17)26/h5-11,14H,12-13,15H2,1-4H3/b10-9+. The summed E-state index contributed by atoms with van der Waals surface area (Å²) in [5.41, 5.74) is -0.439. The molecular formula is C24H26BrClF3NO3. The number of carbonyl (C=O) groups is 1. The second kappa shape index (κ2) is 11.4. The highest BCUT2D eigenvalue weighted by molar-refractivity contribution is 9.10. The Morgan fingerprint density at radius 2 is 1.79 bits per heavy atom. The second-order valence-corrected chi connectivity index (χ2v) is 9.52. The SMILES string of the molecule is COCCN(Cc1ccc(C(F)(F)F)c(/C=C/c2cccc(Br)c2Cl)c1)C(=O)OC(C)(C)C. The van der Waals surface area contributed by atoms with Gasteiger partial charge in [0.15, 0.2) is 0 Å². The van der Waals surface area contributed by atoms with E-state index in [2.05, 4.69) is 15.9 Å². The molecule has 2 rings (SSSR count). The molecule has 0 unspecified atom stereocenters. The molecule has 0 saturated heterocycles. The molecular weight excluding hydrogens is 523 g/mol. The fourth-order valence-corrected chi connectivity index (χ4v) is 3.49. The number of nitrogens with zero attached hydrogens (tertiary/aromatic N) is 1. The summed E-state index contributed by atoms with van der Waals surface area (Å²) in [5, 5.41) is 0.397. The Labute approximate surface area is 205 Å². The molecule has 0 spiro atoms. The maximum absolute atomic E-state index is 13.6. The normalized spacial score (nSPS) is 12.3. The van der Waals surface area contributed by atoms with E-state index in [1.165, 1.54) is 36.3 Å². The van der Waals surface area contributed by atoms with Crippen LogP contribution in [-0.4, -0.2) is 36.9 Å². The van der Waals surface area contributed by atoms with Crippen LogP contribution >= 0.6 is 27.5 Å². The molecule has 0 bridgehead atoms. The van der Waals surface area contributed by atoms with Crippen molar-refractivity contribution in [2.24, 2.45) is 0 Å². The second-order valence-electron chi connectivity index (χ2n) is 8.29. The van der Waals surface area contributed by atoms with E-state index in [4.69, 9.17) is 21.1 Å². The number of benzene rings is 2. The zero-order chi connectivity index (χ0) is 24.8. The van der Waals surface area contributed by atoms with Gasteiger partial charge in [0.25, 0.3) is 0 Å². The van der Waals surface area contributed by atoms with E-state index >= 15 is 0 Å². The van der Waals surface area contributed by atoms with Crippen molar-refractivity contribution in [3.63, 3.8) is 0 Å². The maximum Gasteiger partial charge on any atom is 0.416 e. The predicted molar refractivity (Wildman–Crippen MR) is 128 cm³/mol. The van der Waals surface area contributed by atoms with Crippen LogP contribution < -0.4 is 0 Å². The summed E-state index contributed by atoms with van der Waals surface area (Å²) in [5.74, 6) is 0. The first kappa shape index (κ1) is 27.2. The number of carbonyl (C=O) groups excluding carboxylic acids is 1. The number of rotatable bonds is 7. The number of hydrogen-bond donors (Lipinski definition) is 0. The van der Waals surface area contributed by atoms with Crippen molar-refractivity contribution in [3.8, 4) is 0 Å². The molecule has 180 valence electrons. The molecule has 0 aliphatic rings. The van der Waals surface area contributed by atoms with Crippen LogP contribution in [0.5, 0.6) is 0 Å². The molecule has 0 aliphatic carbocycles. The smallest absolute Gasteiger partial charge is 0.416 e. The summed E-state index contributed by atoms with van der Waals surface area (Å²) in [6, 6.07) is 8.97. The number of alkyl halides is 3. The van der Waals surface area contributed by atoms with Crippen molar-refractivity contribution in [2.45, 2.75) is 39.1 Å². The molecule has 0 aliphatic heterocycles. The van der Waals surface area contributed by atoms with Crippen molar-refractivity contribution >= 4 is 45.8 Å². The fourth-order valence-electron chi connectivity index (χ4n) is 2.92. The van der Waals surface area contributed by atoms with Gasteiger partial charge in [0, 0.05) is 24.7 Å². The lowest BCUT2D eigenvalue weighted by atomic mass is 10.0. The number of methoxy groups -OCH3 is 1. The van der Waals surface area contributed by atoms with Crippen LogP contribution in [0.3, 0.4) is 0 Å². The number of ether oxygens (including phenoxy) is 2. The van der Waals surface area contributed by atoms with Gasteiger partial charge in [0.2, 0.25) is 0 Å². The van der Waals surface area contributed by atoms with E-state index in [0.29, 0.717) is 20.6 Å². The van der Waals surface area contributed by atoms with Crippen molar-refractivity contribution in [1.29, 1.82) is 0 Å². The fraction of sp³-hybridized carbons (Fsp3) is 0.375. The Morgan fingerprint density at radius 3 is 2.39 bits per heavy atom. The molecule has 2 aromatic carbocycles. The van der Waals surface area contributed by atoms with Gasteiger partial charge in [-0.2, -0.15) is 13.2 Å². The van der Waals surface area contributed by atoms with Crippen molar-refractivity contribution in [2.75, 3.05) is 20.3 Å².